The molecule has 0 radical (unpaired) electrons. The molecule has 2 unspecified atom stereocenters. The first-order chi connectivity index (χ1) is 12.5. The Kier molecular flexibility index (Phi) is 5.32. The molecule has 0 aliphatic rings. The van der Waals surface area contributed by atoms with E-state index in [-0.39, 0.29) is 23.7 Å². The van der Waals surface area contributed by atoms with Gasteiger partial charge in [-0.1, -0.05) is 37.3 Å². The number of nitrogens with one attached hydrogen (secondary N) is 1. The molecule has 3 aromatic rings. The van der Waals surface area contributed by atoms with Crippen molar-refractivity contribution in [1.29, 1.82) is 0 Å². The zero-order valence-corrected chi connectivity index (χ0v) is 14.9. The highest BCUT2D eigenvalue weighted by molar-refractivity contribution is 5.79. The molecular weight excluding hydrogens is 331 g/mol. The lowest BCUT2D eigenvalue weighted by molar-refractivity contribution is -0.125. The number of fused-ring (bicyclic) bond motifs is 1. The van der Waals surface area contributed by atoms with Crippen LogP contribution in [0.25, 0.3) is 11.0 Å². The molecule has 1 heterocycles. The number of nitrogens with zero attached hydrogens (tertiary/aromatic N) is 2. The van der Waals surface area contributed by atoms with Crippen LogP contribution in [0.1, 0.15) is 24.4 Å². The molecule has 6 heteroatoms. The number of nitrogens with two attached hydrogens (primary N) is 1. The normalized spacial score (nSPS) is 13.5. The maximum absolute atomic E-state index is 13.4. The first-order valence-electron chi connectivity index (χ1n) is 8.66. The largest absolute Gasteiger partial charge is 0.355 e. The summed E-state index contributed by atoms with van der Waals surface area (Å²) in [6, 6.07) is 13.8. The van der Waals surface area contributed by atoms with E-state index in [0.29, 0.717) is 13.0 Å². The Morgan fingerprint density at radius 2 is 2.00 bits per heavy atom. The predicted octanol–water partition coefficient (Wildman–Crippen LogP) is 2.71. The Balaban J connectivity index is 1.59. The van der Waals surface area contributed by atoms with Gasteiger partial charge in [-0.25, -0.2) is 9.37 Å². The van der Waals surface area contributed by atoms with Gasteiger partial charge in [-0.05, 0) is 23.8 Å². The van der Waals surface area contributed by atoms with E-state index in [4.69, 9.17) is 5.73 Å². The van der Waals surface area contributed by atoms with Gasteiger partial charge in [-0.3, -0.25) is 4.79 Å². The molecule has 0 aliphatic carbocycles. The van der Waals surface area contributed by atoms with Gasteiger partial charge in [-0.15, -0.1) is 0 Å². The molecule has 26 heavy (non-hydrogen) atoms. The van der Waals surface area contributed by atoms with Gasteiger partial charge in [0, 0.05) is 26.1 Å². The van der Waals surface area contributed by atoms with Crippen molar-refractivity contribution in [3.8, 4) is 0 Å². The van der Waals surface area contributed by atoms with Gasteiger partial charge in [0.1, 0.15) is 11.6 Å². The summed E-state index contributed by atoms with van der Waals surface area (Å²) < 4.78 is 15.2. The zero-order chi connectivity index (χ0) is 18.7. The molecule has 2 atom stereocenters. The third-order valence-electron chi connectivity index (χ3n) is 4.72. The van der Waals surface area contributed by atoms with Crippen molar-refractivity contribution in [2.24, 2.45) is 18.7 Å². The van der Waals surface area contributed by atoms with Crippen molar-refractivity contribution in [2.45, 2.75) is 19.4 Å². The lowest BCUT2D eigenvalue weighted by Gasteiger charge is -2.19. The lowest BCUT2D eigenvalue weighted by Crippen LogP contribution is -2.36. The molecule has 0 bridgehead atoms. The van der Waals surface area contributed by atoms with E-state index in [2.05, 4.69) is 10.3 Å². The Morgan fingerprint density at radius 1 is 1.27 bits per heavy atom. The third-order valence-corrected chi connectivity index (χ3v) is 4.72. The predicted molar refractivity (Wildman–Crippen MR) is 99.9 cm³/mol. The maximum Gasteiger partial charge on any atom is 0.224 e. The fourth-order valence-electron chi connectivity index (χ4n) is 3.02. The van der Waals surface area contributed by atoms with Crippen LogP contribution >= 0.6 is 0 Å². The van der Waals surface area contributed by atoms with Crippen molar-refractivity contribution in [3.05, 3.63) is 65.7 Å². The van der Waals surface area contributed by atoms with Gasteiger partial charge in [0.05, 0.1) is 17.0 Å². The lowest BCUT2D eigenvalue weighted by atomic mass is 9.95. The van der Waals surface area contributed by atoms with E-state index in [1.807, 2.05) is 48.9 Å². The Morgan fingerprint density at radius 3 is 2.73 bits per heavy atom. The highest BCUT2D eigenvalue weighted by Crippen LogP contribution is 2.19. The van der Waals surface area contributed by atoms with Gasteiger partial charge in [-0.2, -0.15) is 0 Å². The second-order valence-electron chi connectivity index (χ2n) is 6.49. The van der Waals surface area contributed by atoms with Crippen molar-refractivity contribution in [3.63, 3.8) is 0 Å². The first-order valence-corrected chi connectivity index (χ1v) is 8.66. The van der Waals surface area contributed by atoms with Gasteiger partial charge >= 0.3 is 0 Å². The number of halogens is 1. The average molecular weight is 354 g/mol. The summed E-state index contributed by atoms with van der Waals surface area (Å²) >= 11 is 0. The van der Waals surface area contributed by atoms with E-state index in [1.54, 1.807) is 6.07 Å². The monoisotopic (exact) mass is 354 g/mol. The summed E-state index contributed by atoms with van der Waals surface area (Å²) in [4.78, 5) is 16.9. The maximum atomic E-state index is 13.4. The van der Waals surface area contributed by atoms with E-state index >= 15 is 0 Å². The smallest absolute Gasteiger partial charge is 0.224 e. The first kappa shape index (κ1) is 18.1. The van der Waals surface area contributed by atoms with E-state index in [1.165, 1.54) is 12.1 Å². The number of amides is 1. The molecule has 1 amide bonds. The SMILES string of the molecule is CC(C(=O)NCCc1nc2ccc(F)cc2n1C)C(N)c1ccccc1. The van der Waals surface area contributed by atoms with Crippen LogP contribution in [-0.4, -0.2) is 22.0 Å². The van der Waals surface area contributed by atoms with Crippen molar-refractivity contribution < 1.29 is 9.18 Å². The molecular formula is C20H23FN4O. The third kappa shape index (κ3) is 3.75. The Hall–Kier alpha value is -2.73. The van der Waals surface area contributed by atoms with Crippen LogP contribution < -0.4 is 11.1 Å². The van der Waals surface area contributed by atoms with Crippen LogP contribution in [0.4, 0.5) is 4.39 Å². The minimum atomic E-state index is -0.352. The van der Waals surface area contributed by atoms with Crippen LogP contribution in [-0.2, 0) is 18.3 Å². The Labute approximate surface area is 152 Å². The molecule has 0 saturated heterocycles. The summed E-state index contributed by atoms with van der Waals surface area (Å²) in [6.07, 6.45) is 0.561. The second-order valence-corrected chi connectivity index (χ2v) is 6.49. The van der Waals surface area contributed by atoms with Crippen LogP contribution in [0.5, 0.6) is 0 Å². The molecule has 3 N–H and O–H groups in total. The van der Waals surface area contributed by atoms with Gasteiger partial charge < -0.3 is 15.6 Å². The summed E-state index contributed by atoms with van der Waals surface area (Å²) in [5.74, 6) is 0.0769. The van der Waals surface area contributed by atoms with Crippen LogP contribution in [0.15, 0.2) is 48.5 Å². The topological polar surface area (TPSA) is 72.9 Å². The summed E-state index contributed by atoms with van der Waals surface area (Å²) in [5, 5.41) is 2.92. The highest BCUT2D eigenvalue weighted by Gasteiger charge is 2.21. The van der Waals surface area contributed by atoms with E-state index in [0.717, 1.165) is 22.4 Å². The highest BCUT2D eigenvalue weighted by atomic mass is 19.1. The van der Waals surface area contributed by atoms with Crippen LogP contribution in [0.2, 0.25) is 0 Å². The molecule has 1 aromatic heterocycles. The number of aromatic nitrogens is 2. The number of imidazole rings is 1. The molecule has 0 fully saturated rings. The summed E-state index contributed by atoms with van der Waals surface area (Å²) in [5.41, 5.74) is 8.62. The fraction of sp³-hybridized carbons (Fsp3) is 0.300. The van der Waals surface area contributed by atoms with Gasteiger partial charge in [0.15, 0.2) is 0 Å². The zero-order valence-electron chi connectivity index (χ0n) is 14.9. The average Bonchev–Trinajstić information content (AvgIpc) is 2.96. The number of hydrogen-bond acceptors (Lipinski definition) is 3. The number of rotatable bonds is 6. The van der Waals surface area contributed by atoms with Crippen molar-refractivity contribution >= 4 is 16.9 Å². The molecule has 0 spiro atoms. The number of carbonyl (C=O) groups excluding carboxylic acids is 1. The molecule has 3 rings (SSSR count). The molecule has 0 saturated carbocycles. The van der Waals surface area contributed by atoms with Crippen LogP contribution in [0, 0.1) is 11.7 Å². The standard InChI is InChI=1S/C20H23FN4O/c1-13(19(22)14-6-4-3-5-7-14)20(26)23-11-10-18-24-16-9-8-15(21)12-17(16)25(18)2/h3-9,12-13,19H,10-11,22H2,1-2H3,(H,23,26). The van der Waals surface area contributed by atoms with Crippen molar-refractivity contribution in [2.75, 3.05) is 6.54 Å². The Bertz CT molecular complexity index is 907. The number of carbonyl (C=O) groups is 1. The number of benzene rings is 2. The number of aryl methyl sites for hydroxylation is 1. The van der Waals surface area contributed by atoms with Crippen LogP contribution in [0.3, 0.4) is 0 Å². The minimum absolute atomic E-state index is 0.0915. The van der Waals surface area contributed by atoms with Gasteiger partial charge in [0.2, 0.25) is 5.91 Å². The quantitative estimate of drug-likeness (QED) is 0.715. The van der Waals surface area contributed by atoms with Gasteiger partial charge in [0.25, 0.3) is 0 Å². The summed E-state index contributed by atoms with van der Waals surface area (Å²) in [7, 11) is 1.85. The summed E-state index contributed by atoms with van der Waals surface area (Å²) in [6.45, 7) is 2.27. The van der Waals surface area contributed by atoms with E-state index in [9.17, 15) is 9.18 Å². The van der Waals surface area contributed by atoms with Crippen molar-refractivity contribution in [1.82, 2.24) is 14.9 Å². The molecule has 0 aliphatic heterocycles. The molecule has 2 aromatic carbocycles. The number of hydrogen-bond donors (Lipinski definition) is 2. The van der Waals surface area contributed by atoms with E-state index < -0.39 is 0 Å². The minimum Gasteiger partial charge on any atom is -0.355 e. The fourth-order valence-corrected chi connectivity index (χ4v) is 3.02. The second kappa shape index (κ2) is 7.66. The molecule has 5 nitrogen and oxygen atoms in total. The molecule has 136 valence electrons.